The van der Waals surface area contributed by atoms with Gasteiger partial charge in [-0.15, -0.1) is 0 Å². The molecule has 0 aromatic heterocycles. The van der Waals surface area contributed by atoms with Gasteiger partial charge in [0.1, 0.15) is 0 Å². The van der Waals surface area contributed by atoms with Crippen LogP contribution in [0.4, 0.5) is 0 Å². The molecule has 22 heavy (non-hydrogen) atoms. The van der Waals surface area contributed by atoms with E-state index in [-0.39, 0.29) is 11.5 Å². The monoisotopic (exact) mass is 314 g/mol. The van der Waals surface area contributed by atoms with Crippen LogP contribution < -0.4 is 0 Å². The molecule has 0 saturated carbocycles. The molecule has 114 valence electrons. The fourth-order valence-corrected chi connectivity index (χ4v) is 4.94. The Morgan fingerprint density at radius 1 is 0.864 bits per heavy atom. The Balaban J connectivity index is 1.89. The van der Waals surface area contributed by atoms with Gasteiger partial charge in [0.2, 0.25) is 0 Å². The first kappa shape index (κ1) is 14.0. The van der Waals surface area contributed by atoms with E-state index in [0.29, 0.717) is 13.0 Å². The highest BCUT2D eigenvalue weighted by molar-refractivity contribution is 7.90. The van der Waals surface area contributed by atoms with E-state index in [1.54, 1.807) is 0 Å². The standard InChI is InChI=1S/C18H18O3S/c19-22(20)10-8-15-14(12-22)4-2-5-16(15)17-6-1-3-13-7-9-21-11-18(13)17/h1-6H,7-12H2. The Labute approximate surface area is 130 Å². The zero-order valence-electron chi connectivity index (χ0n) is 12.3. The lowest BCUT2D eigenvalue weighted by molar-refractivity contribution is 0.111. The average molecular weight is 314 g/mol. The number of hydrogen-bond acceptors (Lipinski definition) is 3. The molecular weight excluding hydrogens is 296 g/mol. The van der Waals surface area contributed by atoms with Crippen LogP contribution in [0.25, 0.3) is 11.1 Å². The second-order valence-corrected chi connectivity index (χ2v) is 8.22. The van der Waals surface area contributed by atoms with Crippen molar-refractivity contribution in [1.82, 2.24) is 0 Å². The molecule has 4 rings (SSSR count). The summed E-state index contributed by atoms with van der Waals surface area (Å²) >= 11 is 0. The molecule has 2 aliphatic heterocycles. The number of hydrogen-bond donors (Lipinski definition) is 0. The van der Waals surface area contributed by atoms with Crippen LogP contribution >= 0.6 is 0 Å². The molecule has 2 aromatic rings. The van der Waals surface area contributed by atoms with Gasteiger partial charge in [-0.05, 0) is 46.2 Å². The maximum Gasteiger partial charge on any atom is 0.154 e. The van der Waals surface area contributed by atoms with E-state index in [0.717, 1.165) is 18.6 Å². The summed E-state index contributed by atoms with van der Waals surface area (Å²) in [6, 6.07) is 12.4. The van der Waals surface area contributed by atoms with E-state index in [1.807, 2.05) is 12.1 Å². The molecule has 0 aliphatic carbocycles. The van der Waals surface area contributed by atoms with Crippen LogP contribution in [0.3, 0.4) is 0 Å². The van der Waals surface area contributed by atoms with Crippen molar-refractivity contribution in [3.8, 4) is 11.1 Å². The minimum absolute atomic E-state index is 0.168. The summed E-state index contributed by atoms with van der Waals surface area (Å²) in [6.45, 7) is 1.43. The molecule has 2 aromatic carbocycles. The molecular formula is C18H18O3S. The smallest absolute Gasteiger partial charge is 0.154 e. The SMILES string of the molecule is O=S1(=O)CCc2c(cccc2-c2cccc3c2COCC3)C1. The zero-order valence-corrected chi connectivity index (χ0v) is 13.2. The van der Waals surface area contributed by atoms with Crippen LogP contribution in [0.5, 0.6) is 0 Å². The van der Waals surface area contributed by atoms with Gasteiger partial charge in [0.05, 0.1) is 24.7 Å². The summed E-state index contributed by atoms with van der Waals surface area (Å²) in [5, 5.41) is 0. The molecule has 0 fully saturated rings. The lowest BCUT2D eigenvalue weighted by Crippen LogP contribution is -2.20. The zero-order chi connectivity index (χ0) is 15.2. The fourth-order valence-electron chi connectivity index (χ4n) is 3.53. The quantitative estimate of drug-likeness (QED) is 0.813. The van der Waals surface area contributed by atoms with E-state index in [4.69, 9.17) is 4.74 Å². The topological polar surface area (TPSA) is 43.4 Å². The Morgan fingerprint density at radius 2 is 1.59 bits per heavy atom. The molecule has 2 heterocycles. The van der Waals surface area contributed by atoms with E-state index in [9.17, 15) is 8.42 Å². The van der Waals surface area contributed by atoms with Crippen molar-refractivity contribution in [2.75, 3.05) is 12.4 Å². The largest absolute Gasteiger partial charge is 0.376 e. The number of sulfone groups is 1. The molecule has 0 atom stereocenters. The molecule has 3 nitrogen and oxygen atoms in total. The first-order chi connectivity index (χ1) is 10.6. The van der Waals surface area contributed by atoms with Gasteiger partial charge in [-0.3, -0.25) is 0 Å². The maximum absolute atomic E-state index is 11.9. The minimum Gasteiger partial charge on any atom is -0.376 e. The summed E-state index contributed by atoms with van der Waals surface area (Å²) in [5.41, 5.74) is 7.14. The summed E-state index contributed by atoms with van der Waals surface area (Å²) in [5.74, 6) is 0.421. The Kier molecular flexibility index (Phi) is 3.31. The molecule has 0 saturated heterocycles. The van der Waals surface area contributed by atoms with Crippen molar-refractivity contribution < 1.29 is 13.2 Å². The normalized spacial score (nSPS) is 19.3. The van der Waals surface area contributed by atoms with Gasteiger partial charge in [-0.1, -0.05) is 36.4 Å². The van der Waals surface area contributed by atoms with Gasteiger partial charge in [-0.25, -0.2) is 8.42 Å². The van der Waals surface area contributed by atoms with Gasteiger partial charge in [-0.2, -0.15) is 0 Å². The maximum atomic E-state index is 11.9. The van der Waals surface area contributed by atoms with Crippen molar-refractivity contribution in [3.63, 3.8) is 0 Å². The van der Waals surface area contributed by atoms with Crippen molar-refractivity contribution in [3.05, 3.63) is 58.7 Å². The van der Waals surface area contributed by atoms with Crippen LogP contribution in [0.15, 0.2) is 36.4 Å². The highest BCUT2D eigenvalue weighted by atomic mass is 32.2. The number of rotatable bonds is 1. The lowest BCUT2D eigenvalue weighted by atomic mass is 9.88. The van der Waals surface area contributed by atoms with Crippen molar-refractivity contribution in [1.29, 1.82) is 0 Å². The van der Waals surface area contributed by atoms with Crippen LogP contribution in [-0.4, -0.2) is 20.8 Å². The molecule has 0 spiro atoms. The van der Waals surface area contributed by atoms with Crippen LogP contribution in [0.1, 0.15) is 22.3 Å². The summed E-state index contributed by atoms with van der Waals surface area (Å²) in [4.78, 5) is 0. The highest BCUT2D eigenvalue weighted by Crippen LogP contribution is 2.35. The first-order valence-corrected chi connectivity index (χ1v) is 9.46. The van der Waals surface area contributed by atoms with Gasteiger partial charge in [0.15, 0.2) is 9.84 Å². The highest BCUT2D eigenvalue weighted by Gasteiger charge is 2.24. The summed E-state index contributed by atoms with van der Waals surface area (Å²) < 4.78 is 29.4. The average Bonchev–Trinajstić information content (AvgIpc) is 2.52. The molecule has 0 amide bonds. The summed E-state index contributed by atoms with van der Waals surface area (Å²) in [7, 11) is -2.94. The second kappa shape index (κ2) is 5.21. The van der Waals surface area contributed by atoms with Crippen molar-refractivity contribution in [2.45, 2.75) is 25.2 Å². The van der Waals surface area contributed by atoms with E-state index in [1.165, 1.54) is 27.8 Å². The van der Waals surface area contributed by atoms with Gasteiger partial charge >= 0.3 is 0 Å². The van der Waals surface area contributed by atoms with Crippen molar-refractivity contribution >= 4 is 9.84 Å². The second-order valence-electron chi connectivity index (χ2n) is 6.03. The molecule has 0 radical (unpaired) electrons. The summed E-state index contributed by atoms with van der Waals surface area (Å²) in [6.07, 6.45) is 1.56. The molecule has 0 N–H and O–H groups in total. The first-order valence-electron chi connectivity index (χ1n) is 7.64. The van der Waals surface area contributed by atoms with Gasteiger partial charge < -0.3 is 4.74 Å². The van der Waals surface area contributed by atoms with E-state index < -0.39 is 9.84 Å². The molecule has 0 unspecified atom stereocenters. The van der Waals surface area contributed by atoms with Crippen LogP contribution in [0, 0.1) is 0 Å². The third kappa shape index (κ3) is 2.36. The van der Waals surface area contributed by atoms with E-state index in [2.05, 4.69) is 24.3 Å². The Hall–Kier alpha value is -1.65. The predicted octanol–water partition coefficient (Wildman–Crippen LogP) is 2.90. The predicted molar refractivity (Wildman–Crippen MR) is 86.4 cm³/mol. The molecule has 2 aliphatic rings. The Morgan fingerprint density at radius 3 is 2.41 bits per heavy atom. The third-order valence-corrected chi connectivity index (χ3v) is 6.21. The third-order valence-electron chi connectivity index (χ3n) is 4.64. The van der Waals surface area contributed by atoms with Gasteiger partial charge in [0, 0.05) is 0 Å². The molecule has 4 heteroatoms. The van der Waals surface area contributed by atoms with E-state index >= 15 is 0 Å². The lowest BCUT2D eigenvalue weighted by Gasteiger charge is -2.24. The number of ether oxygens (including phenoxy) is 1. The van der Waals surface area contributed by atoms with Crippen LogP contribution in [-0.2, 0) is 39.8 Å². The number of benzene rings is 2. The number of fused-ring (bicyclic) bond motifs is 2. The fraction of sp³-hybridized carbons (Fsp3) is 0.333. The van der Waals surface area contributed by atoms with Crippen molar-refractivity contribution in [2.24, 2.45) is 0 Å². The minimum atomic E-state index is -2.94. The Bertz CT molecular complexity index is 837. The molecule has 0 bridgehead atoms. The van der Waals surface area contributed by atoms with Gasteiger partial charge in [0.25, 0.3) is 0 Å². The van der Waals surface area contributed by atoms with Crippen LogP contribution in [0.2, 0.25) is 0 Å².